The van der Waals surface area contributed by atoms with Gasteiger partial charge in [-0.05, 0) is 24.3 Å². The van der Waals surface area contributed by atoms with Crippen LogP contribution in [0.4, 0.5) is 14.9 Å². The summed E-state index contributed by atoms with van der Waals surface area (Å²) < 4.78 is 19.9. The van der Waals surface area contributed by atoms with Crippen LogP contribution in [-0.4, -0.2) is 55.7 Å². The summed E-state index contributed by atoms with van der Waals surface area (Å²) in [4.78, 5) is 28.1. The van der Waals surface area contributed by atoms with Crippen molar-refractivity contribution in [1.82, 2.24) is 9.99 Å². The molecule has 8 nitrogen and oxygen atoms in total. The molecule has 1 aromatic heterocycles. The highest BCUT2D eigenvalue weighted by atomic mass is 19.1. The predicted molar refractivity (Wildman–Crippen MR) is 96.0 cm³/mol. The molecule has 1 atom stereocenters. The summed E-state index contributed by atoms with van der Waals surface area (Å²) in [6.07, 6.45) is 1.12. The molecule has 9 heteroatoms. The molecular weight excluding hydrogens is 353 g/mol. The van der Waals surface area contributed by atoms with Crippen LogP contribution in [0.15, 0.2) is 46.9 Å². The van der Waals surface area contributed by atoms with Crippen molar-refractivity contribution in [3.63, 3.8) is 0 Å². The number of rotatable bonds is 6. The first-order valence-corrected chi connectivity index (χ1v) is 8.22. The lowest BCUT2D eigenvalue weighted by atomic mass is 10.1. The summed E-state index contributed by atoms with van der Waals surface area (Å²) in [5, 5.41) is 9.07. The molecule has 27 heavy (non-hydrogen) atoms. The third kappa shape index (κ3) is 4.08. The van der Waals surface area contributed by atoms with Crippen LogP contribution in [0.2, 0.25) is 0 Å². The molecule has 0 bridgehead atoms. The third-order valence-corrected chi connectivity index (χ3v) is 4.07. The fraction of sp³-hybridized carbons (Fsp3) is 0.278. The van der Waals surface area contributed by atoms with E-state index in [0.717, 1.165) is 0 Å². The Bertz CT molecular complexity index is 872. The van der Waals surface area contributed by atoms with Crippen LogP contribution >= 0.6 is 0 Å². The molecule has 0 saturated carbocycles. The second-order valence-electron chi connectivity index (χ2n) is 6.00. The number of amides is 1. The van der Waals surface area contributed by atoms with Gasteiger partial charge in [0.25, 0.3) is 0 Å². The number of likely N-dealkylation sites (N-methyl/N-ethyl adjacent to an activating group) is 1. The van der Waals surface area contributed by atoms with Gasteiger partial charge in [0.05, 0.1) is 25.8 Å². The van der Waals surface area contributed by atoms with E-state index in [-0.39, 0.29) is 12.2 Å². The van der Waals surface area contributed by atoms with E-state index in [1.807, 2.05) is 0 Å². The number of aromatic nitrogens is 1. The lowest BCUT2D eigenvalue weighted by Gasteiger charge is -2.16. The average Bonchev–Trinajstić information content (AvgIpc) is 3.02. The fourth-order valence-electron chi connectivity index (χ4n) is 2.85. The summed E-state index contributed by atoms with van der Waals surface area (Å²) in [7, 11) is 3.28. The van der Waals surface area contributed by atoms with Crippen molar-refractivity contribution in [2.75, 3.05) is 32.1 Å². The van der Waals surface area contributed by atoms with Crippen LogP contribution in [0.1, 0.15) is 10.5 Å². The molecule has 140 valence electrons. The Hall–Kier alpha value is -3.36. The first-order chi connectivity index (χ1) is 13.0. The molecule has 1 saturated heterocycles. The van der Waals surface area contributed by atoms with Crippen molar-refractivity contribution >= 4 is 18.1 Å². The Balaban J connectivity index is 1.76. The zero-order chi connectivity index (χ0) is 19.4. The van der Waals surface area contributed by atoms with E-state index in [0.29, 0.717) is 29.6 Å². The normalized spacial score (nSPS) is 16.6. The lowest BCUT2D eigenvalue weighted by molar-refractivity contribution is 0.111. The van der Waals surface area contributed by atoms with Gasteiger partial charge in [0.2, 0.25) is 0 Å². The minimum atomic E-state index is -0.536. The second-order valence-corrected chi connectivity index (χ2v) is 6.00. The van der Waals surface area contributed by atoms with E-state index in [4.69, 9.17) is 4.74 Å². The van der Waals surface area contributed by atoms with Crippen molar-refractivity contribution in [3.05, 3.63) is 48.0 Å². The summed E-state index contributed by atoms with van der Waals surface area (Å²) in [5.41, 5.74) is 1.55. The maximum absolute atomic E-state index is 14.6. The summed E-state index contributed by atoms with van der Waals surface area (Å²) in [6.45, 7) is 0.672. The van der Waals surface area contributed by atoms with Crippen LogP contribution in [0.3, 0.4) is 0 Å². The molecule has 0 aliphatic carbocycles. The number of pyridine rings is 1. The molecule has 2 heterocycles. The van der Waals surface area contributed by atoms with E-state index >= 15 is 0 Å². The molecule has 3 rings (SSSR count). The molecule has 1 fully saturated rings. The summed E-state index contributed by atoms with van der Waals surface area (Å²) >= 11 is 0. The van der Waals surface area contributed by atoms with Gasteiger partial charge < -0.3 is 4.74 Å². The topological polar surface area (TPSA) is 87.5 Å². The first-order valence-electron chi connectivity index (χ1n) is 8.22. The third-order valence-electron chi connectivity index (χ3n) is 4.07. The number of ether oxygens (including phenoxy) is 1. The highest BCUT2D eigenvalue weighted by molar-refractivity contribution is 5.90. The molecular formula is C18H18FN5O3. The number of hydrogen-bond acceptors (Lipinski definition) is 6. The Morgan fingerprint density at radius 3 is 2.85 bits per heavy atom. The van der Waals surface area contributed by atoms with Gasteiger partial charge in [0.15, 0.2) is 6.29 Å². The SMILES string of the molecule is CN=NN(C)CC1CN(c2ccc(-c3ccc(C=O)nc3)c(F)c2)C(=O)O1. The van der Waals surface area contributed by atoms with Crippen LogP contribution in [0, 0.1) is 5.82 Å². The van der Waals surface area contributed by atoms with E-state index in [2.05, 4.69) is 15.3 Å². The number of nitrogens with zero attached hydrogens (tertiary/aromatic N) is 5. The molecule has 0 N–H and O–H groups in total. The van der Waals surface area contributed by atoms with Crippen LogP contribution in [0.25, 0.3) is 11.1 Å². The first kappa shape index (κ1) is 18.4. The Kier molecular flexibility index (Phi) is 5.39. The van der Waals surface area contributed by atoms with Crippen molar-refractivity contribution in [3.8, 4) is 11.1 Å². The Morgan fingerprint density at radius 2 is 2.22 bits per heavy atom. The van der Waals surface area contributed by atoms with Crippen molar-refractivity contribution in [2.45, 2.75) is 6.10 Å². The molecule has 1 aliphatic heterocycles. The fourth-order valence-corrected chi connectivity index (χ4v) is 2.85. The highest BCUT2D eigenvalue weighted by Crippen LogP contribution is 2.29. The summed E-state index contributed by atoms with van der Waals surface area (Å²) in [6, 6.07) is 7.63. The number of benzene rings is 1. The average molecular weight is 371 g/mol. The van der Waals surface area contributed by atoms with Gasteiger partial charge in [0.1, 0.15) is 17.6 Å². The van der Waals surface area contributed by atoms with Gasteiger partial charge in [-0.25, -0.2) is 9.18 Å². The van der Waals surface area contributed by atoms with Crippen LogP contribution in [0.5, 0.6) is 0 Å². The predicted octanol–water partition coefficient (Wildman–Crippen LogP) is 2.95. The number of hydrogen-bond donors (Lipinski definition) is 0. The molecule has 0 radical (unpaired) electrons. The number of carbonyl (C=O) groups is 2. The highest BCUT2D eigenvalue weighted by Gasteiger charge is 2.33. The molecule has 2 aromatic rings. The van der Waals surface area contributed by atoms with E-state index in [1.54, 1.807) is 37.3 Å². The number of carbonyl (C=O) groups excluding carboxylic acids is 2. The molecule has 0 spiro atoms. The lowest BCUT2D eigenvalue weighted by Crippen LogP contribution is -2.29. The summed E-state index contributed by atoms with van der Waals surface area (Å²) in [5.74, 6) is -0.499. The monoisotopic (exact) mass is 371 g/mol. The Morgan fingerprint density at radius 1 is 1.41 bits per heavy atom. The van der Waals surface area contributed by atoms with Crippen LogP contribution < -0.4 is 4.90 Å². The zero-order valence-corrected chi connectivity index (χ0v) is 14.9. The Labute approximate surface area is 155 Å². The number of halogens is 1. The van der Waals surface area contributed by atoms with Gasteiger partial charge >= 0.3 is 6.09 Å². The molecule has 1 amide bonds. The van der Waals surface area contributed by atoms with E-state index in [9.17, 15) is 14.0 Å². The molecule has 1 aliphatic rings. The van der Waals surface area contributed by atoms with Gasteiger partial charge in [-0.15, -0.1) is 0 Å². The van der Waals surface area contributed by atoms with Gasteiger partial charge in [0, 0.05) is 24.4 Å². The van der Waals surface area contributed by atoms with Crippen molar-refractivity contribution in [1.29, 1.82) is 0 Å². The quantitative estimate of drug-likeness (QED) is 0.443. The second kappa shape index (κ2) is 7.90. The van der Waals surface area contributed by atoms with Crippen molar-refractivity contribution in [2.24, 2.45) is 10.3 Å². The maximum atomic E-state index is 14.6. The van der Waals surface area contributed by atoms with Gasteiger partial charge in [-0.3, -0.25) is 19.7 Å². The minimum absolute atomic E-state index is 0.272. The van der Waals surface area contributed by atoms with Crippen molar-refractivity contribution < 1.29 is 18.7 Å². The standard InChI is InChI=1S/C18H18FN5O3/c1-20-22-23(2)9-15-10-24(18(26)27-15)14-5-6-16(17(19)7-14)12-3-4-13(11-25)21-8-12/h3-8,11,15H,9-10H2,1-2H3. The number of anilines is 1. The largest absolute Gasteiger partial charge is 0.442 e. The zero-order valence-electron chi connectivity index (χ0n) is 14.9. The van der Waals surface area contributed by atoms with E-state index in [1.165, 1.54) is 23.2 Å². The van der Waals surface area contributed by atoms with E-state index < -0.39 is 18.0 Å². The maximum Gasteiger partial charge on any atom is 0.414 e. The number of aldehydes is 1. The molecule has 1 aromatic carbocycles. The smallest absolute Gasteiger partial charge is 0.414 e. The number of cyclic esters (lactones) is 1. The van der Waals surface area contributed by atoms with Gasteiger partial charge in [-0.1, -0.05) is 11.3 Å². The van der Waals surface area contributed by atoms with Gasteiger partial charge in [-0.2, -0.15) is 5.11 Å². The molecule has 1 unspecified atom stereocenters. The van der Waals surface area contributed by atoms with Crippen LogP contribution in [-0.2, 0) is 4.74 Å². The minimum Gasteiger partial charge on any atom is -0.442 e.